The molecule has 2 amide bonds. The average Bonchev–Trinajstić information content (AvgIpc) is 3.15. The second-order valence-corrected chi connectivity index (χ2v) is 13.5. The van der Waals surface area contributed by atoms with Gasteiger partial charge >= 0.3 is 6.09 Å². The first-order valence-corrected chi connectivity index (χ1v) is 14.6. The largest absolute Gasteiger partial charge is 0.465 e. The highest BCUT2D eigenvalue weighted by Gasteiger charge is 2.59. The van der Waals surface area contributed by atoms with Gasteiger partial charge in [0.25, 0.3) is 0 Å². The van der Waals surface area contributed by atoms with Crippen LogP contribution < -0.4 is 0 Å². The molecule has 1 saturated heterocycles. The molecule has 4 saturated carbocycles. The van der Waals surface area contributed by atoms with Gasteiger partial charge in [-0.25, -0.2) is 4.79 Å². The Labute approximate surface area is 211 Å². The molecule has 0 radical (unpaired) electrons. The van der Waals surface area contributed by atoms with Gasteiger partial charge in [0.1, 0.15) is 0 Å². The third kappa shape index (κ3) is 4.40. The van der Waals surface area contributed by atoms with Crippen LogP contribution in [0.1, 0.15) is 97.8 Å². The van der Waals surface area contributed by atoms with Gasteiger partial charge in [0.2, 0.25) is 5.91 Å². The molecular weight excluding hydrogens is 440 g/mol. The number of nitrogens with zero attached hydrogens (tertiary/aromatic N) is 2. The SMILES string of the molecule is CC1CN(C(=O)CCC[C@H]2CC[C@H]3[C@@H]4CC[C@H]5C[C@@H](O)CC[C@]5(C)[C@H]4CC[C@]23C)CCN1C(=O)O. The Morgan fingerprint density at radius 1 is 0.943 bits per heavy atom. The Hall–Kier alpha value is -1.30. The molecular formula is C29H48N2O4. The number of carbonyl (C=O) groups is 2. The van der Waals surface area contributed by atoms with Crippen molar-refractivity contribution >= 4 is 12.0 Å². The molecule has 1 unspecified atom stereocenters. The number of carboxylic acid groups (broad SMARTS) is 1. The molecule has 0 aromatic heterocycles. The number of rotatable bonds is 4. The van der Waals surface area contributed by atoms with E-state index in [1.165, 1.54) is 49.8 Å². The molecule has 0 bridgehead atoms. The van der Waals surface area contributed by atoms with Gasteiger partial charge in [-0.3, -0.25) is 4.79 Å². The summed E-state index contributed by atoms with van der Waals surface area (Å²) < 4.78 is 0. The lowest BCUT2D eigenvalue weighted by molar-refractivity contribution is -0.134. The van der Waals surface area contributed by atoms with Crippen molar-refractivity contribution in [2.75, 3.05) is 19.6 Å². The standard InChI is InChI=1S/C29H48N2O4/c1-19-18-30(15-16-31(19)27(34)35)26(33)6-4-5-20-8-10-24-23-9-7-21-17-22(32)11-13-29(21,3)25(23)12-14-28(20,24)2/h19-25,32H,4-18H2,1-3H3,(H,34,35)/t19?,20-,21-,22-,23-,24-,25-,28+,29-/m0/s1. The van der Waals surface area contributed by atoms with Crippen LogP contribution in [0.25, 0.3) is 0 Å². The molecule has 0 spiro atoms. The van der Waals surface area contributed by atoms with Crippen molar-refractivity contribution < 1.29 is 19.8 Å². The van der Waals surface area contributed by atoms with Crippen molar-refractivity contribution in [2.45, 2.75) is 110 Å². The smallest absolute Gasteiger partial charge is 0.407 e. The van der Waals surface area contributed by atoms with E-state index < -0.39 is 6.09 Å². The van der Waals surface area contributed by atoms with Crippen molar-refractivity contribution in [3.63, 3.8) is 0 Å². The van der Waals surface area contributed by atoms with E-state index in [0.717, 1.165) is 55.3 Å². The van der Waals surface area contributed by atoms with Crippen LogP contribution in [0.15, 0.2) is 0 Å². The fraction of sp³-hybridized carbons (Fsp3) is 0.931. The minimum atomic E-state index is -0.882. The predicted octanol–water partition coefficient (Wildman–Crippen LogP) is 5.39. The molecule has 9 atom stereocenters. The van der Waals surface area contributed by atoms with Crippen LogP contribution >= 0.6 is 0 Å². The van der Waals surface area contributed by atoms with Crippen molar-refractivity contribution in [1.82, 2.24) is 9.80 Å². The summed E-state index contributed by atoms with van der Waals surface area (Å²) in [7, 11) is 0. The van der Waals surface area contributed by atoms with Gasteiger partial charge < -0.3 is 20.0 Å². The minimum Gasteiger partial charge on any atom is -0.465 e. The molecule has 6 heteroatoms. The molecule has 4 aliphatic carbocycles. The number of carbonyl (C=O) groups excluding carboxylic acids is 1. The van der Waals surface area contributed by atoms with Gasteiger partial charge in [0.15, 0.2) is 0 Å². The number of fused-ring (bicyclic) bond motifs is 5. The maximum absolute atomic E-state index is 12.9. The van der Waals surface area contributed by atoms with Gasteiger partial charge in [-0.2, -0.15) is 0 Å². The van der Waals surface area contributed by atoms with E-state index in [-0.39, 0.29) is 18.1 Å². The highest BCUT2D eigenvalue weighted by molar-refractivity contribution is 5.76. The topological polar surface area (TPSA) is 81.1 Å². The molecule has 2 N–H and O–H groups in total. The summed E-state index contributed by atoms with van der Waals surface area (Å²) in [4.78, 5) is 27.5. The fourth-order valence-electron chi connectivity index (χ4n) is 9.94. The first kappa shape index (κ1) is 25.4. The van der Waals surface area contributed by atoms with Gasteiger partial charge in [-0.15, -0.1) is 0 Å². The summed E-state index contributed by atoms with van der Waals surface area (Å²) >= 11 is 0. The number of aliphatic hydroxyl groups is 1. The predicted molar refractivity (Wildman–Crippen MR) is 136 cm³/mol. The third-order valence-corrected chi connectivity index (χ3v) is 12.0. The molecule has 198 valence electrons. The average molecular weight is 489 g/mol. The van der Waals surface area contributed by atoms with E-state index in [0.29, 0.717) is 36.9 Å². The maximum Gasteiger partial charge on any atom is 0.407 e. The number of amides is 2. The highest BCUT2D eigenvalue weighted by Crippen LogP contribution is 2.67. The van der Waals surface area contributed by atoms with Crippen LogP contribution in [0.3, 0.4) is 0 Å². The third-order valence-electron chi connectivity index (χ3n) is 12.0. The van der Waals surface area contributed by atoms with E-state index in [4.69, 9.17) is 0 Å². The van der Waals surface area contributed by atoms with Gasteiger partial charge in [0.05, 0.1) is 6.10 Å². The van der Waals surface area contributed by atoms with Crippen molar-refractivity contribution in [3.8, 4) is 0 Å². The van der Waals surface area contributed by atoms with Crippen LogP contribution in [-0.2, 0) is 4.79 Å². The second kappa shape index (κ2) is 9.54. The summed E-state index contributed by atoms with van der Waals surface area (Å²) in [6, 6.07) is -0.126. The summed E-state index contributed by atoms with van der Waals surface area (Å²) in [5.41, 5.74) is 0.874. The number of aliphatic hydroxyl groups excluding tert-OH is 1. The lowest BCUT2D eigenvalue weighted by Crippen LogP contribution is -2.55. The lowest BCUT2D eigenvalue weighted by Gasteiger charge is -2.61. The molecule has 35 heavy (non-hydrogen) atoms. The molecule has 6 nitrogen and oxygen atoms in total. The molecule has 0 aromatic carbocycles. The van der Waals surface area contributed by atoms with Crippen LogP contribution in [0.4, 0.5) is 4.79 Å². The van der Waals surface area contributed by atoms with Crippen molar-refractivity contribution in [3.05, 3.63) is 0 Å². The van der Waals surface area contributed by atoms with Crippen LogP contribution in [0, 0.1) is 40.4 Å². The zero-order valence-electron chi connectivity index (χ0n) is 22.3. The van der Waals surface area contributed by atoms with Crippen molar-refractivity contribution in [2.24, 2.45) is 40.4 Å². The Kier molecular flexibility index (Phi) is 6.91. The quantitative estimate of drug-likeness (QED) is 0.556. The number of hydrogen-bond acceptors (Lipinski definition) is 3. The monoisotopic (exact) mass is 488 g/mol. The van der Waals surface area contributed by atoms with Gasteiger partial charge in [-0.05, 0) is 118 Å². The first-order valence-electron chi connectivity index (χ1n) is 14.6. The normalized spacial score (nSPS) is 45.4. The van der Waals surface area contributed by atoms with E-state index in [9.17, 15) is 19.8 Å². The minimum absolute atomic E-state index is 0.0682. The van der Waals surface area contributed by atoms with Crippen LogP contribution in [-0.4, -0.2) is 63.8 Å². The van der Waals surface area contributed by atoms with E-state index in [1.54, 1.807) is 0 Å². The summed E-state index contributed by atoms with van der Waals surface area (Å²) in [5, 5.41) is 19.6. The van der Waals surface area contributed by atoms with Gasteiger partial charge in [0, 0.05) is 32.1 Å². The van der Waals surface area contributed by atoms with Crippen LogP contribution in [0.2, 0.25) is 0 Å². The van der Waals surface area contributed by atoms with E-state index in [1.807, 2.05) is 11.8 Å². The fourth-order valence-corrected chi connectivity index (χ4v) is 9.94. The molecule has 1 aliphatic heterocycles. The molecule has 5 rings (SSSR count). The Morgan fingerprint density at radius 2 is 1.69 bits per heavy atom. The van der Waals surface area contributed by atoms with E-state index in [2.05, 4.69) is 13.8 Å². The first-order chi connectivity index (χ1) is 16.6. The molecule has 1 heterocycles. The Morgan fingerprint density at radius 3 is 2.43 bits per heavy atom. The molecule has 5 fully saturated rings. The Bertz CT molecular complexity index is 819. The number of hydrogen-bond donors (Lipinski definition) is 2. The number of piperazine rings is 1. The molecule has 0 aromatic rings. The lowest BCUT2D eigenvalue weighted by atomic mass is 9.44. The van der Waals surface area contributed by atoms with Gasteiger partial charge in [-0.1, -0.05) is 13.8 Å². The summed E-state index contributed by atoms with van der Waals surface area (Å²) in [6.45, 7) is 8.52. The Balaban J connectivity index is 1.15. The maximum atomic E-state index is 12.9. The zero-order chi connectivity index (χ0) is 25.0. The van der Waals surface area contributed by atoms with Crippen molar-refractivity contribution in [1.29, 1.82) is 0 Å². The highest BCUT2D eigenvalue weighted by atomic mass is 16.4. The van der Waals surface area contributed by atoms with Crippen LogP contribution in [0.5, 0.6) is 0 Å². The zero-order valence-corrected chi connectivity index (χ0v) is 22.3. The summed E-state index contributed by atoms with van der Waals surface area (Å²) in [5.74, 6) is 4.22. The molecule has 5 aliphatic rings. The second-order valence-electron chi connectivity index (χ2n) is 13.5. The summed E-state index contributed by atoms with van der Waals surface area (Å²) in [6.07, 6.45) is 13.1. The van der Waals surface area contributed by atoms with E-state index >= 15 is 0 Å².